The van der Waals surface area contributed by atoms with Crippen molar-refractivity contribution in [2.45, 2.75) is 12.8 Å². The molecular weight excluding hydrogens is 478 g/mol. The van der Waals surface area contributed by atoms with Crippen molar-refractivity contribution in [3.63, 3.8) is 0 Å². The summed E-state index contributed by atoms with van der Waals surface area (Å²) >= 11 is 3.44. The van der Waals surface area contributed by atoms with Crippen LogP contribution >= 0.6 is 15.9 Å². The number of amides is 1. The zero-order valence-electron chi connectivity index (χ0n) is 16.8. The number of nitrogens with one attached hydrogen (secondary N) is 2. The Bertz CT molecular complexity index is 1370. The highest BCUT2D eigenvalue weighted by molar-refractivity contribution is 9.10. The zero-order valence-corrected chi connectivity index (χ0v) is 18.4. The van der Waals surface area contributed by atoms with Crippen LogP contribution in [-0.2, 0) is 11.2 Å². The maximum absolute atomic E-state index is 12.6. The number of ether oxygens (including phenoxy) is 2. The lowest BCUT2D eigenvalue weighted by atomic mass is 10.2. The summed E-state index contributed by atoms with van der Waals surface area (Å²) in [6, 6.07) is 12.9. The number of fused-ring (bicyclic) bond motifs is 2. The minimum absolute atomic E-state index is 0.134. The first-order valence-electron chi connectivity index (χ1n) is 10.00. The van der Waals surface area contributed by atoms with Crippen LogP contribution in [0.1, 0.15) is 12.2 Å². The molecule has 0 fully saturated rings. The Morgan fingerprint density at radius 2 is 1.91 bits per heavy atom. The normalized spacial score (nSPS) is 12.7. The number of aryl methyl sites for hydroxylation is 1. The molecular formula is C22H18BrN5O4. The minimum atomic E-state index is -0.290. The molecule has 162 valence electrons. The molecule has 0 atom stereocenters. The van der Waals surface area contributed by atoms with E-state index in [0.29, 0.717) is 51.7 Å². The number of aromatic nitrogens is 4. The Balaban J connectivity index is 1.33. The molecule has 1 amide bonds. The van der Waals surface area contributed by atoms with Crippen LogP contribution in [0.2, 0.25) is 0 Å². The summed E-state index contributed by atoms with van der Waals surface area (Å²) in [5, 5.41) is 7.54. The highest BCUT2D eigenvalue weighted by Gasteiger charge is 2.17. The first kappa shape index (κ1) is 20.3. The summed E-state index contributed by atoms with van der Waals surface area (Å²) in [5.41, 5.74) is 1.54. The van der Waals surface area contributed by atoms with E-state index in [2.05, 4.69) is 36.3 Å². The van der Waals surface area contributed by atoms with Gasteiger partial charge < -0.3 is 19.8 Å². The maximum atomic E-state index is 12.6. The van der Waals surface area contributed by atoms with Crippen molar-refractivity contribution in [3.05, 3.63) is 69.3 Å². The summed E-state index contributed by atoms with van der Waals surface area (Å²) in [4.78, 5) is 32.3. The van der Waals surface area contributed by atoms with E-state index in [0.717, 1.165) is 5.69 Å². The molecule has 0 spiro atoms. The monoisotopic (exact) mass is 495 g/mol. The lowest BCUT2D eigenvalue weighted by Crippen LogP contribution is -2.18. The number of carbonyl (C=O) groups excluding carboxylic acids is 1. The van der Waals surface area contributed by atoms with E-state index in [1.807, 2.05) is 30.3 Å². The van der Waals surface area contributed by atoms with E-state index in [4.69, 9.17) is 9.47 Å². The smallest absolute Gasteiger partial charge is 0.262 e. The van der Waals surface area contributed by atoms with Gasteiger partial charge in [-0.15, -0.1) is 0 Å². The van der Waals surface area contributed by atoms with E-state index in [1.165, 1.54) is 6.20 Å². The molecule has 2 aromatic heterocycles. The predicted octanol–water partition coefficient (Wildman–Crippen LogP) is 3.21. The average molecular weight is 496 g/mol. The molecule has 4 aromatic rings. The second-order valence-corrected chi connectivity index (χ2v) is 8.02. The van der Waals surface area contributed by atoms with Gasteiger partial charge in [0.1, 0.15) is 24.4 Å². The van der Waals surface area contributed by atoms with Gasteiger partial charge in [-0.2, -0.15) is 5.10 Å². The van der Waals surface area contributed by atoms with E-state index in [9.17, 15) is 9.59 Å². The van der Waals surface area contributed by atoms with Gasteiger partial charge in [0, 0.05) is 29.4 Å². The number of para-hydroxylation sites is 1. The molecule has 32 heavy (non-hydrogen) atoms. The van der Waals surface area contributed by atoms with Gasteiger partial charge in [0.15, 0.2) is 17.1 Å². The highest BCUT2D eigenvalue weighted by Crippen LogP contribution is 2.38. The van der Waals surface area contributed by atoms with Gasteiger partial charge in [-0.05, 0) is 28.1 Å². The van der Waals surface area contributed by atoms with Crippen LogP contribution in [-0.4, -0.2) is 38.9 Å². The summed E-state index contributed by atoms with van der Waals surface area (Å²) < 4.78 is 13.4. The van der Waals surface area contributed by atoms with E-state index in [-0.39, 0.29) is 24.3 Å². The number of hydrogen-bond acceptors (Lipinski definition) is 6. The molecule has 1 aliphatic rings. The molecule has 0 saturated heterocycles. The van der Waals surface area contributed by atoms with Crippen molar-refractivity contribution in [1.29, 1.82) is 0 Å². The zero-order chi connectivity index (χ0) is 22.1. The highest BCUT2D eigenvalue weighted by atomic mass is 79.9. The van der Waals surface area contributed by atoms with Crippen molar-refractivity contribution in [2.24, 2.45) is 0 Å². The lowest BCUT2D eigenvalue weighted by Gasteiger charge is -2.20. The molecule has 3 heterocycles. The second-order valence-electron chi connectivity index (χ2n) is 7.17. The third kappa shape index (κ3) is 3.96. The van der Waals surface area contributed by atoms with Crippen LogP contribution in [0.15, 0.2) is 57.9 Å². The Morgan fingerprint density at radius 1 is 1.16 bits per heavy atom. The summed E-state index contributed by atoms with van der Waals surface area (Å²) in [6.07, 6.45) is 1.89. The molecule has 0 aliphatic carbocycles. The first-order chi connectivity index (χ1) is 15.6. The van der Waals surface area contributed by atoms with E-state index in [1.54, 1.807) is 16.8 Å². The number of anilines is 1. The molecule has 10 heteroatoms. The number of nitrogens with zero attached hydrogens (tertiary/aromatic N) is 3. The topological polar surface area (TPSA) is 111 Å². The van der Waals surface area contributed by atoms with Gasteiger partial charge in [-0.25, -0.2) is 9.67 Å². The van der Waals surface area contributed by atoms with Gasteiger partial charge in [0.2, 0.25) is 5.91 Å². The Labute approximate surface area is 190 Å². The summed E-state index contributed by atoms with van der Waals surface area (Å²) in [5.74, 6) is 1.41. The number of rotatable bonds is 5. The van der Waals surface area contributed by atoms with Gasteiger partial charge in [0.05, 0.1) is 17.6 Å². The summed E-state index contributed by atoms with van der Waals surface area (Å²) in [7, 11) is 0. The largest absolute Gasteiger partial charge is 0.486 e. The lowest BCUT2D eigenvalue weighted by molar-refractivity contribution is -0.116. The molecule has 0 saturated carbocycles. The maximum Gasteiger partial charge on any atom is 0.262 e. The van der Waals surface area contributed by atoms with Crippen LogP contribution in [0.3, 0.4) is 0 Å². The molecule has 5 rings (SSSR count). The Kier molecular flexibility index (Phi) is 5.36. The molecule has 0 radical (unpaired) electrons. The molecule has 0 bridgehead atoms. The molecule has 0 unspecified atom stereocenters. The number of H-pyrrole nitrogens is 1. The van der Waals surface area contributed by atoms with Gasteiger partial charge in [-0.1, -0.05) is 18.2 Å². The Morgan fingerprint density at radius 3 is 2.69 bits per heavy atom. The van der Waals surface area contributed by atoms with E-state index >= 15 is 0 Å². The van der Waals surface area contributed by atoms with Crippen LogP contribution < -0.4 is 20.3 Å². The quantitative estimate of drug-likeness (QED) is 0.439. The number of aromatic amines is 1. The van der Waals surface area contributed by atoms with E-state index < -0.39 is 0 Å². The predicted molar refractivity (Wildman–Crippen MR) is 122 cm³/mol. The van der Waals surface area contributed by atoms with Crippen molar-refractivity contribution >= 4 is 38.6 Å². The third-order valence-electron chi connectivity index (χ3n) is 4.98. The Hall–Kier alpha value is -3.66. The fraction of sp³-hybridized carbons (Fsp3) is 0.182. The standard InChI is InChI=1S/C22H18BrN5O4/c23-15-10-17-18(32-9-8-31-17)11-16(15)25-20(29)7-6-19-26-21-14(22(30)27-19)12-24-28(21)13-4-2-1-3-5-13/h1-5,10-12H,6-9H2,(H,25,29)(H,26,27,30). The molecule has 2 N–H and O–H groups in total. The minimum Gasteiger partial charge on any atom is -0.486 e. The average Bonchev–Trinajstić information content (AvgIpc) is 3.23. The van der Waals surface area contributed by atoms with Crippen molar-refractivity contribution < 1.29 is 14.3 Å². The van der Waals surface area contributed by atoms with Crippen LogP contribution in [0.25, 0.3) is 16.7 Å². The van der Waals surface area contributed by atoms with Gasteiger partial charge in [-0.3, -0.25) is 9.59 Å². The SMILES string of the molecule is O=C(CCc1nc2c(cnn2-c2ccccc2)c(=O)[nH]1)Nc1cc2c(cc1Br)OCCO2. The fourth-order valence-electron chi connectivity index (χ4n) is 3.44. The first-order valence-corrected chi connectivity index (χ1v) is 10.8. The van der Waals surface area contributed by atoms with Crippen molar-refractivity contribution in [1.82, 2.24) is 19.7 Å². The number of hydrogen-bond donors (Lipinski definition) is 2. The summed E-state index contributed by atoms with van der Waals surface area (Å²) in [6.45, 7) is 0.951. The van der Waals surface area contributed by atoms with Crippen LogP contribution in [0, 0.1) is 0 Å². The number of benzene rings is 2. The van der Waals surface area contributed by atoms with Gasteiger partial charge in [0.25, 0.3) is 5.56 Å². The number of halogens is 1. The van der Waals surface area contributed by atoms with Crippen LogP contribution in [0.4, 0.5) is 5.69 Å². The fourth-order valence-corrected chi connectivity index (χ4v) is 3.87. The number of carbonyl (C=O) groups is 1. The molecule has 1 aliphatic heterocycles. The van der Waals surface area contributed by atoms with Crippen LogP contribution in [0.5, 0.6) is 11.5 Å². The molecule has 9 nitrogen and oxygen atoms in total. The van der Waals surface area contributed by atoms with Crippen molar-refractivity contribution in [3.8, 4) is 17.2 Å². The second kappa shape index (κ2) is 8.46. The van der Waals surface area contributed by atoms with Gasteiger partial charge >= 0.3 is 0 Å². The third-order valence-corrected chi connectivity index (χ3v) is 5.64. The molecule has 2 aromatic carbocycles. The van der Waals surface area contributed by atoms with Crippen molar-refractivity contribution in [2.75, 3.05) is 18.5 Å².